The average molecular weight is 235 g/mol. The molecular weight excluding hydrogens is 218 g/mol. The third kappa shape index (κ3) is 2.75. The highest BCUT2D eigenvalue weighted by Gasteiger charge is 1.98. The molecule has 0 saturated heterocycles. The predicted octanol–water partition coefficient (Wildman–Crippen LogP) is 2.64. The Labute approximate surface area is 108 Å². The van der Waals surface area contributed by atoms with Crippen LogP contribution in [0.5, 0.6) is 0 Å². The molecule has 0 N–H and O–H groups in total. The predicted molar refractivity (Wildman–Crippen MR) is 80.1 cm³/mol. The van der Waals surface area contributed by atoms with Crippen LogP contribution in [-0.4, -0.2) is 13.3 Å². The minimum atomic E-state index is 0.836. The van der Waals surface area contributed by atoms with Gasteiger partial charge in [0.2, 0.25) is 0 Å². The van der Waals surface area contributed by atoms with Crippen LogP contribution in [-0.2, 0) is 0 Å². The lowest BCUT2D eigenvalue weighted by molar-refractivity contribution is 1.42. The van der Waals surface area contributed by atoms with Crippen LogP contribution in [0.2, 0.25) is 0 Å². The van der Waals surface area contributed by atoms with Gasteiger partial charge in [0.05, 0.1) is 0 Å². The van der Waals surface area contributed by atoms with E-state index in [4.69, 9.17) is 0 Å². The van der Waals surface area contributed by atoms with Gasteiger partial charge in [-0.15, -0.1) is 0 Å². The Bertz CT molecular complexity index is 639. The maximum Gasteiger partial charge on any atom is 0.0273 e. The van der Waals surface area contributed by atoms with E-state index in [0.29, 0.717) is 0 Å². The molecule has 0 fully saturated rings. The molecule has 2 rings (SSSR count). The molecule has 0 amide bonds. The Hall–Kier alpha value is -2.15. The fourth-order valence-electron chi connectivity index (χ4n) is 2.00. The summed E-state index contributed by atoms with van der Waals surface area (Å²) in [4.78, 5) is 4.01. The number of hydrogen-bond acceptors (Lipinski definition) is 1. The summed E-state index contributed by atoms with van der Waals surface area (Å²) in [6, 6.07) is 16.6. The van der Waals surface area contributed by atoms with Crippen LogP contribution in [0, 0.1) is 0 Å². The minimum absolute atomic E-state index is 0.836. The van der Waals surface area contributed by atoms with Crippen molar-refractivity contribution < 1.29 is 0 Å². The van der Waals surface area contributed by atoms with Crippen molar-refractivity contribution in [3.63, 3.8) is 0 Å². The van der Waals surface area contributed by atoms with E-state index in [2.05, 4.69) is 54.0 Å². The van der Waals surface area contributed by atoms with Crippen molar-refractivity contribution in [2.24, 2.45) is 4.99 Å². The van der Waals surface area contributed by atoms with Gasteiger partial charge in [0.25, 0.3) is 0 Å². The van der Waals surface area contributed by atoms with E-state index in [1.165, 1.54) is 16.3 Å². The van der Waals surface area contributed by atoms with Crippen molar-refractivity contribution in [3.8, 4) is 11.1 Å². The maximum atomic E-state index is 4.11. The molecule has 0 aliphatic heterocycles. The van der Waals surface area contributed by atoms with E-state index in [-0.39, 0.29) is 0 Å². The molecule has 0 bridgehead atoms. The zero-order valence-electron chi connectivity index (χ0n) is 10.6. The molecule has 0 aliphatic rings. The molecule has 1 nitrogen and oxygen atoms in total. The second-order valence-corrected chi connectivity index (χ2v) is 4.12. The Kier molecular flexibility index (Phi) is 4.08. The Balaban J connectivity index is 2.58. The highest BCUT2D eigenvalue weighted by Crippen LogP contribution is 2.13. The second kappa shape index (κ2) is 5.97. The van der Waals surface area contributed by atoms with Gasteiger partial charge in [-0.05, 0) is 21.6 Å². The second-order valence-electron chi connectivity index (χ2n) is 4.12. The molecule has 0 aromatic heterocycles. The molecule has 1 heteroatoms. The summed E-state index contributed by atoms with van der Waals surface area (Å²) < 4.78 is 0. The lowest BCUT2D eigenvalue weighted by Crippen LogP contribution is -2.24. The molecule has 0 aliphatic carbocycles. The first-order valence-electron chi connectivity index (χ1n) is 6.07. The van der Waals surface area contributed by atoms with Crippen molar-refractivity contribution in [1.29, 1.82) is 0 Å². The van der Waals surface area contributed by atoms with E-state index < -0.39 is 0 Å². The lowest BCUT2D eigenvalue weighted by atomic mass is 10.0. The minimum Gasteiger partial charge on any atom is -0.301 e. The Morgan fingerprint density at radius 2 is 1.83 bits per heavy atom. The smallest absolute Gasteiger partial charge is 0.0273 e. The van der Waals surface area contributed by atoms with Crippen LogP contribution in [0.15, 0.2) is 53.5 Å². The zero-order valence-corrected chi connectivity index (χ0v) is 10.6. The SMILES string of the molecule is C=c1cccc(-c2ccccc2)/c1=C/CC=NC. The number of benzene rings is 2. The van der Waals surface area contributed by atoms with Gasteiger partial charge in [-0.2, -0.15) is 0 Å². The molecule has 0 unspecified atom stereocenters. The summed E-state index contributed by atoms with van der Waals surface area (Å²) in [6.07, 6.45) is 4.92. The lowest BCUT2D eigenvalue weighted by Gasteiger charge is -2.03. The highest BCUT2D eigenvalue weighted by atomic mass is 14.6. The number of aliphatic imine (C=N–C) groups is 1. The standard InChI is InChI=1S/C17H17N/c1-14-8-6-11-17(15-9-4-3-5-10-15)16(14)12-7-13-18-2/h3-6,8-13H,1,7H2,2H3/b16-12+,18-13?. The summed E-state index contributed by atoms with van der Waals surface area (Å²) in [5.74, 6) is 0. The maximum absolute atomic E-state index is 4.11. The van der Waals surface area contributed by atoms with Crippen molar-refractivity contribution in [2.75, 3.05) is 7.05 Å². The molecule has 0 spiro atoms. The van der Waals surface area contributed by atoms with Gasteiger partial charge in [-0.1, -0.05) is 61.2 Å². The van der Waals surface area contributed by atoms with Crippen LogP contribution < -0.4 is 10.4 Å². The Morgan fingerprint density at radius 1 is 1.06 bits per heavy atom. The third-order valence-corrected chi connectivity index (χ3v) is 2.89. The van der Waals surface area contributed by atoms with Crippen LogP contribution in [0.25, 0.3) is 23.8 Å². The van der Waals surface area contributed by atoms with Gasteiger partial charge < -0.3 is 4.99 Å². The van der Waals surface area contributed by atoms with Crippen molar-refractivity contribution in [3.05, 3.63) is 59.0 Å². The van der Waals surface area contributed by atoms with E-state index in [1.54, 1.807) is 7.05 Å². The monoisotopic (exact) mass is 235 g/mol. The first-order valence-corrected chi connectivity index (χ1v) is 6.07. The van der Waals surface area contributed by atoms with Crippen LogP contribution in [0.3, 0.4) is 0 Å². The van der Waals surface area contributed by atoms with Gasteiger partial charge in [-0.3, -0.25) is 0 Å². The fraction of sp³-hybridized carbons (Fsp3) is 0.118. The van der Waals surface area contributed by atoms with Gasteiger partial charge in [0, 0.05) is 19.7 Å². The van der Waals surface area contributed by atoms with Gasteiger partial charge in [0.15, 0.2) is 0 Å². The van der Waals surface area contributed by atoms with E-state index in [9.17, 15) is 0 Å². The van der Waals surface area contributed by atoms with E-state index in [0.717, 1.165) is 11.6 Å². The summed E-state index contributed by atoms with van der Waals surface area (Å²) in [5, 5.41) is 2.25. The molecule has 2 aromatic rings. The molecule has 0 atom stereocenters. The zero-order chi connectivity index (χ0) is 12.8. The number of hydrogen-bond donors (Lipinski definition) is 0. The van der Waals surface area contributed by atoms with Crippen molar-refractivity contribution in [2.45, 2.75) is 6.42 Å². The molecular formula is C17H17N. The van der Waals surface area contributed by atoms with Crippen molar-refractivity contribution >= 4 is 18.9 Å². The molecule has 0 saturated carbocycles. The van der Waals surface area contributed by atoms with Crippen molar-refractivity contribution in [1.82, 2.24) is 0 Å². The molecule has 90 valence electrons. The summed E-state index contributed by atoms with van der Waals surface area (Å²) in [5.41, 5.74) is 2.45. The first-order chi connectivity index (χ1) is 8.83. The van der Waals surface area contributed by atoms with Gasteiger partial charge in [-0.25, -0.2) is 0 Å². The van der Waals surface area contributed by atoms with Crippen LogP contribution in [0.1, 0.15) is 6.42 Å². The third-order valence-electron chi connectivity index (χ3n) is 2.89. The van der Waals surface area contributed by atoms with E-state index in [1.807, 2.05) is 18.3 Å². The number of nitrogens with zero attached hydrogens (tertiary/aromatic N) is 1. The van der Waals surface area contributed by atoms with E-state index >= 15 is 0 Å². The largest absolute Gasteiger partial charge is 0.301 e. The molecule has 0 heterocycles. The first kappa shape index (κ1) is 12.3. The fourth-order valence-corrected chi connectivity index (χ4v) is 2.00. The quantitative estimate of drug-likeness (QED) is 0.725. The highest BCUT2D eigenvalue weighted by molar-refractivity contribution is 5.69. The molecule has 0 radical (unpaired) electrons. The summed E-state index contributed by atoms with van der Waals surface area (Å²) >= 11 is 0. The number of rotatable bonds is 3. The van der Waals surface area contributed by atoms with Crippen LogP contribution >= 0.6 is 0 Å². The normalized spacial score (nSPS) is 12.2. The van der Waals surface area contributed by atoms with Gasteiger partial charge in [0.1, 0.15) is 0 Å². The topological polar surface area (TPSA) is 12.4 Å². The summed E-state index contributed by atoms with van der Waals surface area (Å²) in [7, 11) is 1.79. The Morgan fingerprint density at radius 3 is 2.56 bits per heavy atom. The summed E-state index contributed by atoms with van der Waals surface area (Å²) in [6.45, 7) is 4.11. The van der Waals surface area contributed by atoms with Gasteiger partial charge >= 0.3 is 0 Å². The molecule has 18 heavy (non-hydrogen) atoms. The van der Waals surface area contributed by atoms with Crippen LogP contribution in [0.4, 0.5) is 0 Å². The molecule has 2 aromatic carbocycles. The average Bonchev–Trinajstić information content (AvgIpc) is 2.42.